The molecule has 26 heavy (non-hydrogen) atoms. The number of amides is 2. The molecule has 1 saturated heterocycles. The fourth-order valence-electron chi connectivity index (χ4n) is 3.86. The summed E-state index contributed by atoms with van der Waals surface area (Å²) in [6.07, 6.45) is 1.15. The van der Waals surface area contributed by atoms with Crippen LogP contribution in [0.4, 0.5) is 4.79 Å². The largest absolute Gasteiger partial charge is 0.491 e. The highest BCUT2D eigenvalue weighted by Gasteiger charge is 2.31. The fourth-order valence-corrected chi connectivity index (χ4v) is 3.86. The quantitative estimate of drug-likeness (QED) is 0.891. The third-order valence-electron chi connectivity index (χ3n) is 5.41. The number of carbonyl (C=O) groups is 1. The number of nitrogens with one attached hydrogen (secondary N) is 1. The Bertz CT molecular complexity index is 757. The van der Waals surface area contributed by atoms with Crippen molar-refractivity contribution < 1.29 is 14.6 Å². The van der Waals surface area contributed by atoms with Crippen LogP contribution in [0.1, 0.15) is 36.1 Å². The lowest BCUT2D eigenvalue weighted by Gasteiger charge is -2.34. The molecule has 2 heterocycles. The SMILES string of the molecule is O=C(N[C@@H]1COc2ccccc21)N1CCC([C@@H](O)c2ccccc2)CC1. The molecule has 0 saturated carbocycles. The average Bonchev–Trinajstić information content (AvgIpc) is 3.11. The zero-order chi connectivity index (χ0) is 17.9. The number of para-hydroxylation sites is 1. The van der Waals surface area contributed by atoms with Gasteiger partial charge in [0.25, 0.3) is 0 Å². The van der Waals surface area contributed by atoms with Gasteiger partial charge < -0.3 is 20.1 Å². The minimum absolute atomic E-state index is 0.0528. The highest BCUT2D eigenvalue weighted by atomic mass is 16.5. The summed E-state index contributed by atoms with van der Waals surface area (Å²) in [5, 5.41) is 13.7. The molecule has 5 heteroatoms. The van der Waals surface area contributed by atoms with Crippen LogP contribution in [-0.2, 0) is 0 Å². The number of carbonyl (C=O) groups excluding carboxylic acids is 1. The van der Waals surface area contributed by atoms with E-state index in [-0.39, 0.29) is 18.0 Å². The van der Waals surface area contributed by atoms with Gasteiger partial charge in [-0.05, 0) is 30.4 Å². The Morgan fingerprint density at radius 3 is 2.54 bits per heavy atom. The maximum atomic E-state index is 12.6. The zero-order valence-electron chi connectivity index (χ0n) is 14.7. The second kappa shape index (κ2) is 7.38. The third-order valence-corrected chi connectivity index (χ3v) is 5.41. The first kappa shape index (κ1) is 16.9. The first-order valence-electron chi connectivity index (χ1n) is 9.22. The summed E-state index contributed by atoms with van der Waals surface area (Å²) in [5.74, 6) is 1.04. The maximum absolute atomic E-state index is 12.6. The molecule has 0 radical (unpaired) electrons. The van der Waals surface area contributed by atoms with E-state index in [0.29, 0.717) is 19.7 Å². The molecule has 2 aromatic carbocycles. The van der Waals surface area contributed by atoms with Crippen molar-refractivity contribution in [1.29, 1.82) is 0 Å². The van der Waals surface area contributed by atoms with Crippen molar-refractivity contribution >= 4 is 6.03 Å². The summed E-state index contributed by atoms with van der Waals surface area (Å²) in [6, 6.07) is 17.4. The van der Waals surface area contributed by atoms with Gasteiger partial charge in [0.15, 0.2) is 0 Å². The standard InChI is InChI=1S/C21H24N2O3/c24-20(15-6-2-1-3-7-15)16-10-12-23(13-11-16)21(25)22-18-14-26-19-9-5-4-8-17(18)19/h1-9,16,18,20,24H,10-14H2,(H,22,25)/t18-,20+/m1/s1. The molecule has 4 rings (SSSR count). The van der Waals surface area contributed by atoms with Crippen molar-refractivity contribution in [2.24, 2.45) is 5.92 Å². The molecule has 2 N–H and O–H groups in total. The van der Waals surface area contributed by atoms with Crippen LogP contribution in [0.15, 0.2) is 54.6 Å². The Kier molecular flexibility index (Phi) is 4.80. The monoisotopic (exact) mass is 352 g/mol. The lowest BCUT2D eigenvalue weighted by Crippen LogP contribution is -2.46. The Hall–Kier alpha value is -2.53. The van der Waals surface area contributed by atoms with E-state index in [9.17, 15) is 9.90 Å². The number of nitrogens with zero attached hydrogens (tertiary/aromatic N) is 1. The number of hydrogen-bond acceptors (Lipinski definition) is 3. The Labute approximate surface area is 153 Å². The van der Waals surface area contributed by atoms with Crippen LogP contribution in [0.3, 0.4) is 0 Å². The second-order valence-electron chi connectivity index (χ2n) is 7.03. The highest BCUT2D eigenvalue weighted by molar-refractivity contribution is 5.75. The van der Waals surface area contributed by atoms with Crippen LogP contribution in [-0.4, -0.2) is 35.7 Å². The molecular formula is C21H24N2O3. The molecular weight excluding hydrogens is 328 g/mol. The first-order valence-corrected chi connectivity index (χ1v) is 9.22. The Balaban J connectivity index is 1.32. The second-order valence-corrected chi connectivity index (χ2v) is 7.03. The van der Waals surface area contributed by atoms with Gasteiger partial charge >= 0.3 is 6.03 Å². The Morgan fingerprint density at radius 2 is 1.77 bits per heavy atom. The fraction of sp³-hybridized carbons (Fsp3) is 0.381. The number of urea groups is 1. The minimum Gasteiger partial charge on any atom is -0.491 e. The van der Waals surface area contributed by atoms with E-state index in [1.54, 1.807) is 0 Å². The molecule has 136 valence electrons. The van der Waals surface area contributed by atoms with Crippen molar-refractivity contribution in [3.63, 3.8) is 0 Å². The van der Waals surface area contributed by atoms with Crippen molar-refractivity contribution in [3.05, 3.63) is 65.7 Å². The smallest absolute Gasteiger partial charge is 0.318 e. The van der Waals surface area contributed by atoms with Crippen molar-refractivity contribution in [2.45, 2.75) is 25.0 Å². The normalized spacial score (nSPS) is 21.0. The van der Waals surface area contributed by atoms with Gasteiger partial charge in [0.1, 0.15) is 12.4 Å². The predicted molar refractivity (Wildman–Crippen MR) is 98.9 cm³/mol. The summed E-state index contributed by atoms with van der Waals surface area (Å²) in [5.41, 5.74) is 1.99. The van der Waals surface area contributed by atoms with Crippen LogP contribution in [0.2, 0.25) is 0 Å². The molecule has 2 aliphatic rings. The van der Waals surface area contributed by atoms with Gasteiger partial charge in [-0.1, -0.05) is 48.5 Å². The molecule has 1 fully saturated rings. The number of fused-ring (bicyclic) bond motifs is 1. The Morgan fingerprint density at radius 1 is 1.08 bits per heavy atom. The zero-order valence-corrected chi connectivity index (χ0v) is 14.7. The van der Waals surface area contributed by atoms with Crippen molar-refractivity contribution in [3.8, 4) is 5.75 Å². The van der Waals surface area contributed by atoms with Gasteiger partial charge in [-0.15, -0.1) is 0 Å². The third kappa shape index (κ3) is 3.40. The van der Waals surface area contributed by atoms with E-state index < -0.39 is 6.10 Å². The number of piperidine rings is 1. The van der Waals surface area contributed by atoms with Gasteiger partial charge in [0.2, 0.25) is 0 Å². The van der Waals surface area contributed by atoms with E-state index in [1.807, 2.05) is 59.5 Å². The van der Waals surface area contributed by atoms with Crippen LogP contribution < -0.4 is 10.1 Å². The molecule has 2 aromatic rings. The molecule has 2 aliphatic heterocycles. The molecule has 2 amide bonds. The topological polar surface area (TPSA) is 61.8 Å². The summed E-state index contributed by atoms with van der Waals surface area (Å²) in [4.78, 5) is 14.4. The number of hydrogen-bond donors (Lipinski definition) is 2. The van der Waals surface area contributed by atoms with Crippen LogP contribution in [0.5, 0.6) is 5.75 Å². The van der Waals surface area contributed by atoms with Gasteiger partial charge in [0, 0.05) is 18.7 Å². The summed E-state index contributed by atoms with van der Waals surface area (Å²) in [7, 11) is 0. The predicted octanol–water partition coefficient (Wildman–Crippen LogP) is 3.28. The number of aliphatic hydroxyl groups excluding tert-OH is 1. The lowest BCUT2D eigenvalue weighted by molar-refractivity contribution is 0.0660. The number of aliphatic hydroxyl groups is 1. The van der Waals surface area contributed by atoms with Crippen LogP contribution in [0.25, 0.3) is 0 Å². The average molecular weight is 352 g/mol. The van der Waals surface area contributed by atoms with Gasteiger partial charge in [0.05, 0.1) is 12.1 Å². The number of rotatable bonds is 3. The molecule has 0 bridgehead atoms. The highest BCUT2D eigenvalue weighted by Crippen LogP contribution is 2.33. The molecule has 0 aromatic heterocycles. The van der Waals surface area contributed by atoms with Crippen LogP contribution >= 0.6 is 0 Å². The van der Waals surface area contributed by atoms with Crippen LogP contribution in [0, 0.1) is 5.92 Å². The van der Waals surface area contributed by atoms with E-state index in [0.717, 1.165) is 29.7 Å². The van der Waals surface area contributed by atoms with Gasteiger partial charge in [-0.3, -0.25) is 0 Å². The summed E-state index contributed by atoms with van der Waals surface area (Å²) < 4.78 is 5.63. The van der Waals surface area contributed by atoms with Crippen molar-refractivity contribution in [2.75, 3.05) is 19.7 Å². The van der Waals surface area contributed by atoms with E-state index in [2.05, 4.69) is 5.32 Å². The first-order chi connectivity index (χ1) is 12.7. The van der Waals surface area contributed by atoms with Gasteiger partial charge in [-0.25, -0.2) is 4.79 Å². The van der Waals surface area contributed by atoms with Crippen molar-refractivity contribution in [1.82, 2.24) is 10.2 Å². The lowest BCUT2D eigenvalue weighted by atomic mass is 9.87. The molecule has 0 spiro atoms. The molecule has 5 nitrogen and oxygen atoms in total. The van der Waals surface area contributed by atoms with E-state index in [4.69, 9.17) is 4.74 Å². The van der Waals surface area contributed by atoms with E-state index >= 15 is 0 Å². The minimum atomic E-state index is -0.462. The summed E-state index contributed by atoms with van der Waals surface area (Å²) in [6.45, 7) is 1.81. The van der Waals surface area contributed by atoms with E-state index in [1.165, 1.54) is 0 Å². The number of ether oxygens (including phenoxy) is 1. The van der Waals surface area contributed by atoms with Gasteiger partial charge in [-0.2, -0.15) is 0 Å². The molecule has 0 unspecified atom stereocenters. The number of benzene rings is 2. The number of likely N-dealkylation sites (tertiary alicyclic amines) is 1. The molecule has 2 atom stereocenters. The molecule has 0 aliphatic carbocycles. The maximum Gasteiger partial charge on any atom is 0.318 e. The summed E-state index contributed by atoms with van der Waals surface area (Å²) >= 11 is 0.